The molecule has 88 valence electrons. The van der Waals surface area contributed by atoms with Gasteiger partial charge in [-0.3, -0.25) is 0 Å². The molecule has 3 N–H and O–H groups in total. The molecule has 16 heavy (non-hydrogen) atoms. The summed E-state index contributed by atoms with van der Waals surface area (Å²) in [5.41, 5.74) is 6.87. The maximum Gasteiger partial charge on any atom is 0.129 e. The van der Waals surface area contributed by atoms with Crippen LogP contribution in [-0.4, -0.2) is 6.04 Å². The van der Waals surface area contributed by atoms with E-state index in [4.69, 9.17) is 5.73 Å². The molecule has 2 atom stereocenters. The van der Waals surface area contributed by atoms with E-state index in [1.807, 2.05) is 6.07 Å². The Balaban J connectivity index is 2.02. The van der Waals surface area contributed by atoms with Crippen molar-refractivity contribution in [1.29, 1.82) is 0 Å². The van der Waals surface area contributed by atoms with Crippen molar-refractivity contribution in [3.05, 3.63) is 29.6 Å². The van der Waals surface area contributed by atoms with E-state index >= 15 is 0 Å². The number of halogens is 1. The Kier molecular flexibility index (Phi) is 3.44. The molecule has 0 aliphatic heterocycles. The Morgan fingerprint density at radius 1 is 1.44 bits per heavy atom. The molecule has 0 spiro atoms. The number of rotatable bonds is 3. The van der Waals surface area contributed by atoms with Gasteiger partial charge in [-0.1, -0.05) is 13.0 Å². The summed E-state index contributed by atoms with van der Waals surface area (Å²) in [5, 5.41) is 3.38. The minimum atomic E-state index is -0.210. The van der Waals surface area contributed by atoms with Gasteiger partial charge >= 0.3 is 0 Å². The quantitative estimate of drug-likeness (QED) is 0.825. The van der Waals surface area contributed by atoms with Crippen LogP contribution in [0.1, 0.15) is 31.7 Å². The lowest BCUT2D eigenvalue weighted by Gasteiger charge is -2.14. The summed E-state index contributed by atoms with van der Waals surface area (Å²) in [5.74, 6) is 0.573. The van der Waals surface area contributed by atoms with E-state index in [-0.39, 0.29) is 12.4 Å². The minimum Gasteiger partial charge on any atom is -0.382 e. The zero-order chi connectivity index (χ0) is 11.5. The molecule has 1 aromatic rings. The first-order chi connectivity index (χ1) is 7.69. The predicted molar refractivity (Wildman–Crippen MR) is 64.7 cm³/mol. The molecule has 0 bridgehead atoms. The summed E-state index contributed by atoms with van der Waals surface area (Å²) in [6.07, 6.45) is 3.63. The zero-order valence-corrected chi connectivity index (χ0v) is 9.67. The molecule has 0 aromatic heterocycles. The van der Waals surface area contributed by atoms with Crippen LogP contribution in [0.3, 0.4) is 0 Å². The van der Waals surface area contributed by atoms with Crippen LogP contribution in [0.4, 0.5) is 10.1 Å². The van der Waals surface area contributed by atoms with Gasteiger partial charge in [0.25, 0.3) is 0 Å². The summed E-state index contributed by atoms with van der Waals surface area (Å²) >= 11 is 0. The van der Waals surface area contributed by atoms with Gasteiger partial charge in [0.2, 0.25) is 0 Å². The van der Waals surface area contributed by atoms with Gasteiger partial charge < -0.3 is 11.1 Å². The van der Waals surface area contributed by atoms with E-state index in [0.717, 1.165) is 11.6 Å². The standard InChI is InChI=1S/C13H19FN2/c1-9-2-4-11(6-9)16-12-5-3-10(8-15)13(14)7-12/h3,5,7,9,11,16H,2,4,6,8,15H2,1H3. The highest BCUT2D eigenvalue weighted by molar-refractivity contribution is 5.46. The van der Waals surface area contributed by atoms with Gasteiger partial charge in [-0.15, -0.1) is 0 Å². The van der Waals surface area contributed by atoms with Crippen molar-refractivity contribution >= 4 is 5.69 Å². The second-order valence-corrected chi connectivity index (χ2v) is 4.77. The molecule has 2 unspecified atom stereocenters. The molecule has 0 amide bonds. The van der Waals surface area contributed by atoms with Crippen LogP contribution in [0.15, 0.2) is 18.2 Å². The van der Waals surface area contributed by atoms with Crippen molar-refractivity contribution in [3.8, 4) is 0 Å². The lowest BCUT2D eigenvalue weighted by molar-refractivity contribution is 0.601. The largest absolute Gasteiger partial charge is 0.382 e. The average Bonchev–Trinajstić information content (AvgIpc) is 2.64. The van der Waals surface area contributed by atoms with Gasteiger partial charge in [-0.05, 0) is 37.3 Å². The number of benzene rings is 1. The van der Waals surface area contributed by atoms with Gasteiger partial charge in [0.15, 0.2) is 0 Å². The molecular weight excluding hydrogens is 203 g/mol. The fourth-order valence-corrected chi connectivity index (χ4v) is 2.38. The van der Waals surface area contributed by atoms with Crippen LogP contribution in [0.2, 0.25) is 0 Å². The van der Waals surface area contributed by atoms with Crippen LogP contribution in [0, 0.1) is 11.7 Å². The smallest absolute Gasteiger partial charge is 0.129 e. The van der Waals surface area contributed by atoms with Gasteiger partial charge in [-0.2, -0.15) is 0 Å². The summed E-state index contributed by atoms with van der Waals surface area (Å²) in [6, 6.07) is 5.72. The molecular formula is C13H19FN2. The molecule has 3 heteroatoms. The van der Waals surface area contributed by atoms with Gasteiger partial charge in [-0.25, -0.2) is 4.39 Å². The van der Waals surface area contributed by atoms with Crippen LogP contribution in [0.5, 0.6) is 0 Å². The topological polar surface area (TPSA) is 38.0 Å². The van der Waals surface area contributed by atoms with Crippen LogP contribution in [0.25, 0.3) is 0 Å². The van der Waals surface area contributed by atoms with Crippen molar-refractivity contribution in [2.24, 2.45) is 11.7 Å². The highest BCUT2D eigenvalue weighted by atomic mass is 19.1. The fraction of sp³-hybridized carbons (Fsp3) is 0.538. The average molecular weight is 222 g/mol. The second-order valence-electron chi connectivity index (χ2n) is 4.77. The molecule has 0 saturated heterocycles. The Bertz CT molecular complexity index is 365. The zero-order valence-electron chi connectivity index (χ0n) is 9.67. The van der Waals surface area contributed by atoms with Crippen molar-refractivity contribution in [2.75, 3.05) is 5.32 Å². The molecule has 1 aromatic carbocycles. The van der Waals surface area contributed by atoms with E-state index in [1.54, 1.807) is 12.1 Å². The second kappa shape index (κ2) is 4.83. The molecule has 2 nitrogen and oxygen atoms in total. The Labute approximate surface area is 96.0 Å². The third-order valence-electron chi connectivity index (χ3n) is 3.34. The van der Waals surface area contributed by atoms with E-state index in [2.05, 4.69) is 12.2 Å². The van der Waals surface area contributed by atoms with Gasteiger partial charge in [0.05, 0.1) is 0 Å². The van der Waals surface area contributed by atoms with Crippen molar-refractivity contribution in [1.82, 2.24) is 0 Å². The molecule has 1 fully saturated rings. The van der Waals surface area contributed by atoms with Crippen LogP contribution >= 0.6 is 0 Å². The normalized spacial score (nSPS) is 24.7. The third-order valence-corrected chi connectivity index (χ3v) is 3.34. The lowest BCUT2D eigenvalue weighted by atomic mass is 10.1. The summed E-state index contributed by atoms with van der Waals surface area (Å²) in [4.78, 5) is 0. The SMILES string of the molecule is CC1CCC(Nc2ccc(CN)c(F)c2)C1. The predicted octanol–water partition coefficient (Wildman–Crippen LogP) is 2.88. The van der Waals surface area contributed by atoms with Crippen molar-refractivity contribution < 1.29 is 4.39 Å². The Morgan fingerprint density at radius 2 is 2.25 bits per heavy atom. The number of hydrogen-bond acceptors (Lipinski definition) is 2. The maximum absolute atomic E-state index is 13.5. The molecule has 1 aliphatic rings. The molecule has 0 heterocycles. The van der Waals surface area contributed by atoms with Crippen LogP contribution in [-0.2, 0) is 6.54 Å². The van der Waals surface area contributed by atoms with Gasteiger partial charge in [0.1, 0.15) is 5.82 Å². The molecule has 2 rings (SSSR count). The summed E-state index contributed by atoms with van der Waals surface area (Å²) in [7, 11) is 0. The highest BCUT2D eigenvalue weighted by Crippen LogP contribution is 2.27. The van der Waals surface area contributed by atoms with Crippen molar-refractivity contribution in [3.63, 3.8) is 0 Å². The minimum absolute atomic E-state index is 0.210. The Morgan fingerprint density at radius 3 is 2.81 bits per heavy atom. The first kappa shape index (κ1) is 11.4. The monoisotopic (exact) mass is 222 g/mol. The van der Waals surface area contributed by atoms with E-state index in [9.17, 15) is 4.39 Å². The first-order valence-electron chi connectivity index (χ1n) is 5.94. The van der Waals surface area contributed by atoms with E-state index < -0.39 is 0 Å². The summed E-state index contributed by atoms with van der Waals surface area (Å²) < 4.78 is 13.5. The van der Waals surface area contributed by atoms with Crippen molar-refractivity contribution in [2.45, 2.75) is 38.8 Å². The number of nitrogens with one attached hydrogen (secondary N) is 1. The first-order valence-corrected chi connectivity index (χ1v) is 5.94. The third kappa shape index (κ3) is 2.53. The number of anilines is 1. The van der Waals surface area contributed by atoms with E-state index in [0.29, 0.717) is 11.6 Å². The molecule has 1 saturated carbocycles. The maximum atomic E-state index is 13.5. The molecule has 1 aliphatic carbocycles. The Hall–Kier alpha value is -1.09. The number of hydrogen-bond donors (Lipinski definition) is 2. The van der Waals surface area contributed by atoms with Gasteiger partial charge in [0, 0.05) is 23.8 Å². The number of nitrogens with two attached hydrogens (primary N) is 1. The van der Waals surface area contributed by atoms with Crippen LogP contribution < -0.4 is 11.1 Å². The lowest BCUT2D eigenvalue weighted by Crippen LogP contribution is -2.15. The summed E-state index contributed by atoms with van der Waals surface area (Å²) in [6.45, 7) is 2.52. The highest BCUT2D eigenvalue weighted by Gasteiger charge is 2.20. The fourth-order valence-electron chi connectivity index (χ4n) is 2.38. The van der Waals surface area contributed by atoms with E-state index in [1.165, 1.54) is 19.3 Å². The molecule has 0 radical (unpaired) electrons.